The summed E-state index contributed by atoms with van der Waals surface area (Å²) in [6.45, 7) is 6.42. The van der Waals surface area contributed by atoms with E-state index in [4.69, 9.17) is 0 Å². The van der Waals surface area contributed by atoms with Gasteiger partial charge >= 0.3 is 0 Å². The van der Waals surface area contributed by atoms with E-state index in [2.05, 4.69) is 25.5 Å². The van der Waals surface area contributed by atoms with Gasteiger partial charge in [-0.15, -0.1) is 0 Å². The van der Waals surface area contributed by atoms with Gasteiger partial charge in [-0.2, -0.15) is 0 Å². The molecule has 20 heavy (non-hydrogen) atoms. The summed E-state index contributed by atoms with van der Waals surface area (Å²) in [7, 11) is 2.03. The number of nitrogens with zero attached hydrogens (tertiary/aromatic N) is 2. The van der Waals surface area contributed by atoms with E-state index in [1.165, 1.54) is 0 Å². The number of imidazole rings is 1. The Kier molecular flexibility index (Phi) is 5.14. The standard InChI is InChI=1S/C14H25N5O/c1-10-8-16-14(17-10)11(2)18-13(20)9-19(3)12-4-6-15-7-5-12/h8,11-12,15H,4-7,9H2,1-3H3,(H,16,17)(H,18,20)/t11-/m1/s1. The number of aromatic nitrogens is 2. The summed E-state index contributed by atoms with van der Waals surface area (Å²) in [5, 5.41) is 6.33. The SMILES string of the molecule is Cc1cnc([C@@H](C)NC(=O)CN(C)C2CCNCC2)[nH]1. The van der Waals surface area contributed by atoms with E-state index in [0.717, 1.165) is 37.4 Å². The molecule has 1 aliphatic rings. The van der Waals surface area contributed by atoms with Crippen molar-refractivity contribution in [2.45, 2.75) is 38.8 Å². The van der Waals surface area contributed by atoms with Gasteiger partial charge in [-0.25, -0.2) is 4.98 Å². The van der Waals surface area contributed by atoms with Crippen LogP contribution in [0.5, 0.6) is 0 Å². The maximum atomic E-state index is 12.1. The van der Waals surface area contributed by atoms with Gasteiger partial charge in [0, 0.05) is 17.9 Å². The number of aromatic amines is 1. The third-order valence-corrected chi connectivity index (χ3v) is 3.84. The van der Waals surface area contributed by atoms with E-state index in [1.807, 2.05) is 20.9 Å². The van der Waals surface area contributed by atoms with Gasteiger partial charge in [0.15, 0.2) is 0 Å². The van der Waals surface area contributed by atoms with E-state index < -0.39 is 0 Å². The Balaban J connectivity index is 1.79. The minimum atomic E-state index is -0.0855. The molecule has 1 atom stereocenters. The monoisotopic (exact) mass is 279 g/mol. The Bertz CT molecular complexity index is 439. The largest absolute Gasteiger partial charge is 0.345 e. The molecule has 2 heterocycles. The second kappa shape index (κ2) is 6.85. The highest BCUT2D eigenvalue weighted by atomic mass is 16.2. The zero-order valence-corrected chi connectivity index (χ0v) is 12.6. The van der Waals surface area contributed by atoms with Gasteiger partial charge in [0.05, 0.1) is 12.6 Å². The molecule has 3 N–H and O–H groups in total. The molecular formula is C14H25N5O. The Labute approximate surface area is 120 Å². The van der Waals surface area contributed by atoms with Crippen molar-refractivity contribution in [2.75, 3.05) is 26.7 Å². The zero-order valence-electron chi connectivity index (χ0n) is 12.6. The maximum absolute atomic E-state index is 12.1. The molecule has 0 unspecified atom stereocenters. The van der Waals surface area contributed by atoms with Crippen molar-refractivity contribution < 1.29 is 4.79 Å². The van der Waals surface area contributed by atoms with Crippen molar-refractivity contribution in [3.05, 3.63) is 17.7 Å². The molecule has 1 aromatic heterocycles. The van der Waals surface area contributed by atoms with Crippen LogP contribution >= 0.6 is 0 Å². The number of hydrogen-bond acceptors (Lipinski definition) is 4. The average Bonchev–Trinajstić information content (AvgIpc) is 2.86. The molecule has 0 saturated carbocycles. The zero-order chi connectivity index (χ0) is 14.5. The Morgan fingerprint density at radius 1 is 1.55 bits per heavy atom. The van der Waals surface area contributed by atoms with Crippen LogP contribution < -0.4 is 10.6 Å². The minimum absolute atomic E-state index is 0.0487. The van der Waals surface area contributed by atoms with Gasteiger partial charge in [-0.05, 0) is 46.8 Å². The summed E-state index contributed by atoms with van der Waals surface area (Å²) in [5.74, 6) is 0.855. The van der Waals surface area contributed by atoms with Crippen LogP contribution in [0.15, 0.2) is 6.20 Å². The Morgan fingerprint density at radius 2 is 2.25 bits per heavy atom. The summed E-state index contributed by atoms with van der Waals surface area (Å²) in [5.41, 5.74) is 1.01. The van der Waals surface area contributed by atoms with Gasteiger partial charge in [0.1, 0.15) is 5.82 Å². The molecule has 1 amide bonds. The van der Waals surface area contributed by atoms with Gasteiger partial charge in [-0.3, -0.25) is 9.69 Å². The number of piperidine rings is 1. The number of carbonyl (C=O) groups excluding carboxylic acids is 1. The van der Waals surface area contributed by atoms with Crippen LogP contribution in [0.4, 0.5) is 0 Å². The molecule has 2 rings (SSSR count). The van der Waals surface area contributed by atoms with Gasteiger partial charge < -0.3 is 15.6 Å². The number of carbonyl (C=O) groups is 1. The highest BCUT2D eigenvalue weighted by Crippen LogP contribution is 2.10. The third-order valence-electron chi connectivity index (χ3n) is 3.84. The number of amides is 1. The Morgan fingerprint density at radius 3 is 2.85 bits per heavy atom. The molecular weight excluding hydrogens is 254 g/mol. The highest BCUT2D eigenvalue weighted by molar-refractivity contribution is 5.78. The van der Waals surface area contributed by atoms with Crippen LogP contribution in [0.3, 0.4) is 0 Å². The van der Waals surface area contributed by atoms with E-state index in [1.54, 1.807) is 6.20 Å². The smallest absolute Gasteiger partial charge is 0.234 e. The number of aryl methyl sites for hydroxylation is 1. The van der Waals surface area contributed by atoms with Crippen LogP contribution in [-0.2, 0) is 4.79 Å². The van der Waals surface area contributed by atoms with Crippen LogP contribution in [-0.4, -0.2) is 53.5 Å². The van der Waals surface area contributed by atoms with Crippen molar-refractivity contribution >= 4 is 5.91 Å². The average molecular weight is 279 g/mol. The fraction of sp³-hybridized carbons (Fsp3) is 0.714. The fourth-order valence-electron chi connectivity index (χ4n) is 2.61. The predicted molar refractivity (Wildman–Crippen MR) is 78.4 cm³/mol. The van der Waals surface area contributed by atoms with Gasteiger partial charge in [-0.1, -0.05) is 0 Å². The molecule has 112 valence electrons. The quantitative estimate of drug-likeness (QED) is 0.737. The molecule has 0 aromatic carbocycles. The summed E-state index contributed by atoms with van der Waals surface area (Å²) in [4.78, 5) is 21.6. The molecule has 1 aromatic rings. The lowest BCUT2D eigenvalue weighted by molar-refractivity contribution is -0.123. The lowest BCUT2D eigenvalue weighted by Gasteiger charge is -2.31. The second-order valence-corrected chi connectivity index (χ2v) is 5.64. The van der Waals surface area contributed by atoms with Crippen LogP contribution in [0, 0.1) is 6.92 Å². The van der Waals surface area contributed by atoms with E-state index in [0.29, 0.717) is 12.6 Å². The first-order valence-electron chi connectivity index (χ1n) is 7.28. The number of likely N-dealkylation sites (N-methyl/N-ethyl adjacent to an activating group) is 1. The van der Waals surface area contributed by atoms with Gasteiger partial charge in [0.25, 0.3) is 0 Å². The van der Waals surface area contributed by atoms with Crippen LogP contribution in [0.1, 0.15) is 37.3 Å². The van der Waals surface area contributed by atoms with E-state index in [9.17, 15) is 4.79 Å². The predicted octanol–water partition coefficient (Wildman–Crippen LogP) is 0.579. The third kappa shape index (κ3) is 4.05. The van der Waals surface area contributed by atoms with Crippen molar-refractivity contribution in [3.8, 4) is 0 Å². The van der Waals surface area contributed by atoms with E-state index in [-0.39, 0.29) is 11.9 Å². The van der Waals surface area contributed by atoms with Crippen LogP contribution in [0.25, 0.3) is 0 Å². The lowest BCUT2D eigenvalue weighted by Crippen LogP contribution is -2.45. The van der Waals surface area contributed by atoms with Crippen molar-refractivity contribution in [2.24, 2.45) is 0 Å². The number of rotatable bonds is 5. The van der Waals surface area contributed by atoms with Crippen LogP contribution in [0.2, 0.25) is 0 Å². The first-order chi connectivity index (χ1) is 9.56. The molecule has 6 nitrogen and oxygen atoms in total. The maximum Gasteiger partial charge on any atom is 0.234 e. The number of nitrogens with one attached hydrogen (secondary N) is 3. The molecule has 0 radical (unpaired) electrons. The van der Waals surface area contributed by atoms with Gasteiger partial charge in [0.2, 0.25) is 5.91 Å². The number of hydrogen-bond donors (Lipinski definition) is 3. The van der Waals surface area contributed by atoms with Crippen molar-refractivity contribution in [1.82, 2.24) is 25.5 Å². The first-order valence-corrected chi connectivity index (χ1v) is 7.28. The molecule has 0 bridgehead atoms. The molecule has 0 spiro atoms. The Hall–Kier alpha value is -1.40. The topological polar surface area (TPSA) is 73.1 Å². The molecule has 6 heteroatoms. The normalized spacial score (nSPS) is 18.2. The first kappa shape index (κ1) is 15.0. The second-order valence-electron chi connectivity index (χ2n) is 5.64. The lowest BCUT2D eigenvalue weighted by atomic mass is 10.1. The fourth-order valence-corrected chi connectivity index (χ4v) is 2.61. The summed E-state index contributed by atoms with van der Waals surface area (Å²) < 4.78 is 0. The van der Waals surface area contributed by atoms with Crippen molar-refractivity contribution in [1.29, 1.82) is 0 Å². The van der Waals surface area contributed by atoms with Crippen molar-refractivity contribution in [3.63, 3.8) is 0 Å². The molecule has 1 aliphatic heterocycles. The molecule has 1 fully saturated rings. The summed E-state index contributed by atoms with van der Waals surface area (Å²) >= 11 is 0. The minimum Gasteiger partial charge on any atom is -0.345 e. The summed E-state index contributed by atoms with van der Waals surface area (Å²) in [6, 6.07) is 0.417. The summed E-state index contributed by atoms with van der Waals surface area (Å²) in [6.07, 6.45) is 3.99. The molecule has 0 aliphatic carbocycles. The molecule has 1 saturated heterocycles. The van der Waals surface area contributed by atoms with E-state index >= 15 is 0 Å². The number of H-pyrrole nitrogens is 1. The highest BCUT2D eigenvalue weighted by Gasteiger charge is 2.20.